The molecule has 100 valence electrons. The van der Waals surface area contributed by atoms with E-state index in [0.717, 1.165) is 25.7 Å². The molecule has 1 aliphatic rings. The number of nitrogens with zero attached hydrogens (tertiary/aromatic N) is 2. The van der Waals surface area contributed by atoms with Crippen LogP contribution in [0.5, 0.6) is 0 Å². The van der Waals surface area contributed by atoms with Gasteiger partial charge in [0, 0.05) is 19.0 Å². The maximum atomic E-state index is 11.7. The number of rotatable bonds is 5. The van der Waals surface area contributed by atoms with Crippen molar-refractivity contribution in [2.24, 2.45) is 5.92 Å². The van der Waals surface area contributed by atoms with Gasteiger partial charge < -0.3 is 9.64 Å². The fraction of sp³-hybridized carbons (Fsp3) is 0.769. The number of nitriles is 1. The van der Waals surface area contributed by atoms with Crippen LogP contribution in [-0.2, 0) is 9.53 Å². The standard InChI is InChI=1S/C13H20N2O3/c1-2-3-9-18-13(17)15-8-4-5-11(10-15)12(16)6-7-14/h11H,2-6,8-10H2,1H3. The molecule has 0 saturated carbocycles. The predicted octanol–water partition coefficient (Wildman–Crippen LogP) is 2.12. The van der Waals surface area contributed by atoms with Crippen LogP contribution in [0, 0.1) is 17.2 Å². The summed E-state index contributed by atoms with van der Waals surface area (Å²) in [5.41, 5.74) is 0. The molecule has 1 fully saturated rings. The Morgan fingerprint density at radius 2 is 2.28 bits per heavy atom. The van der Waals surface area contributed by atoms with Gasteiger partial charge in [-0.05, 0) is 19.3 Å². The summed E-state index contributed by atoms with van der Waals surface area (Å²) in [5, 5.41) is 8.51. The average molecular weight is 252 g/mol. The van der Waals surface area contributed by atoms with Crippen molar-refractivity contribution in [3.8, 4) is 6.07 Å². The maximum absolute atomic E-state index is 11.7. The number of likely N-dealkylation sites (tertiary alicyclic amines) is 1. The summed E-state index contributed by atoms with van der Waals surface area (Å²) in [6.07, 6.45) is 3.00. The van der Waals surface area contributed by atoms with Crippen LogP contribution in [0.25, 0.3) is 0 Å². The van der Waals surface area contributed by atoms with E-state index in [1.54, 1.807) is 4.90 Å². The summed E-state index contributed by atoms with van der Waals surface area (Å²) in [6, 6.07) is 1.87. The highest BCUT2D eigenvalue weighted by atomic mass is 16.6. The minimum atomic E-state index is -0.335. The Morgan fingerprint density at radius 3 is 2.94 bits per heavy atom. The fourth-order valence-corrected chi connectivity index (χ4v) is 2.02. The molecule has 0 aliphatic carbocycles. The molecule has 1 saturated heterocycles. The lowest BCUT2D eigenvalue weighted by Crippen LogP contribution is -2.42. The van der Waals surface area contributed by atoms with E-state index in [1.165, 1.54) is 0 Å². The molecule has 18 heavy (non-hydrogen) atoms. The van der Waals surface area contributed by atoms with Crippen molar-refractivity contribution in [1.29, 1.82) is 5.26 Å². The molecule has 0 aromatic heterocycles. The molecule has 5 nitrogen and oxygen atoms in total. The van der Waals surface area contributed by atoms with E-state index in [4.69, 9.17) is 10.00 Å². The normalized spacial score (nSPS) is 19.1. The lowest BCUT2D eigenvalue weighted by Gasteiger charge is -2.30. The number of carbonyl (C=O) groups is 2. The van der Waals surface area contributed by atoms with Crippen molar-refractivity contribution in [3.63, 3.8) is 0 Å². The van der Waals surface area contributed by atoms with Crippen molar-refractivity contribution < 1.29 is 14.3 Å². The topological polar surface area (TPSA) is 70.4 Å². The van der Waals surface area contributed by atoms with Gasteiger partial charge in [-0.1, -0.05) is 13.3 Å². The van der Waals surface area contributed by atoms with E-state index < -0.39 is 0 Å². The third-order valence-corrected chi connectivity index (χ3v) is 3.11. The highest BCUT2D eigenvalue weighted by molar-refractivity contribution is 5.83. The van der Waals surface area contributed by atoms with Crippen molar-refractivity contribution in [2.75, 3.05) is 19.7 Å². The van der Waals surface area contributed by atoms with Crippen LogP contribution in [0.4, 0.5) is 4.79 Å². The van der Waals surface area contributed by atoms with Crippen LogP contribution in [0.15, 0.2) is 0 Å². The molecule has 0 aromatic carbocycles. The van der Waals surface area contributed by atoms with Gasteiger partial charge in [-0.3, -0.25) is 4.79 Å². The smallest absolute Gasteiger partial charge is 0.409 e. The third-order valence-electron chi connectivity index (χ3n) is 3.11. The van der Waals surface area contributed by atoms with Gasteiger partial charge in [-0.25, -0.2) is 4.79 Å². The zero-order valence-corrected chi connectivity index (χ0v) is 10.9. The third kappa shape index (κ3) is 4.36. The molecule has 0 aromatic rings. The van der Waals surface area contributed by atoms with Crippen LogP contribution in [0.1, 0.15) is 39.0 Å². The van der Waals surface area contributed by atoms with Gasteiger partial charge in [0.2, 0.25) is 0 Å². The lowest BCUT2D eigenvalue weighted by molar-refractivity contribution is -0.123. The molecule has 1 aliphatic heterocycles. The zero-order valence-electron chi connectivity index (χ0n) is 10.9. The minimum absolute atomic E-state index is 0.0661. The maximum Gasteiger partial charge on any atom is 0.409 e. The van der Waals surface area contributed by atoms with Gasteiger partial charge in [0.25, 0.3) is 0 Å². The van der Waals surface area contributed by atoms with Gasteiger partial charge in [-0.2, -0.15) is 5.26 Å². The Labute approximate surface area is 108 Å². The summed E-state index contributed by atoms with van der Waals surface area (Å²) in [7, 11) is 0. The van der Waals surface area contributed by atoms with Crippen LogP contribution < -0.4 is 0 Å². The van der Waals surface area contributed by atoms with E-state index in [2.05, 4.69) is 0 Å². The van der Waals surface area contributed by atoms with E-state index in [0.29, 0.717) is 19.7 Å². The van der Waals surface area contributed by atoms with Crippen LogP contribution in [-0.4, -0.2) is 36.5 Å². The van der Waals surface area contributed by atoms with Crippen molar-refractivity contribution in [1.82, 2.24) is 4.90 Å². The second-order valence-corrected chi connectivity index (χ2v) is 4.55. The number of hydrogen-bond acceptors (Lipinski definition) is 4. The quantitative estimate of drug-likeness (QED) is 0.703. The number of piperidine rings is 1. The summed E-state index contributed by atoms with van der Waals surface area (Å²) in [6.45, 7) is 3.50. The van der Waals surface area contributed by atoms with Crippen molar-refractivity contribution in [3.05, 3.63) is 0 Å². The Morgan fingerprint density at radius 1 is 1.50 bits per heavy atom. The van der Waals surface area contributed by atoms with Crippen LogP contribution in [0.2, 0.25) is 0 Å². The first-order valence-electron chi connectivity index (χ1n) is 6.50. The first-order chi connectivity index (χ1) is 8.69. The van der Waals surface area contributed by atoms with Gasteiger partial charge in [0.15, 0.2) is 5.78 Å². The Kier molecular flexibility index (Phi) is 6.20. The molecule has 1 atom stereocenters. The predicted molar refractivity (Wildman–Crippen MR) is 65.8 cm³/mol. The Hall–Kier alpha value is -1.57. The molecule has 5 heteroatoms. The minimum Gasteiger partial charge on any atom is -0.449 e. The van der Waals surface area contributed by atoms with Crippen LogP contribution >= 0.6 is 0 Å². The molecule has 1 rings (SSSR count). The molecule has 1 amide bonds. The first kappa shape index (κ1) is 14.5. The number of amides is 1. The van der Waals surface area contributed by atoms with E-state index in [-0.39, 0.29) is 24.2 Å². The highest BCUT2D eigenvalue weighted by Crippen LogP contribution is 2.19. The number of ether oxygens (including phenoxy) is 1. The molecular weight excluding hydrogens is 232 g/mol. The molecule has 0 radical (unpaired) electrons. The number of carbonyl (C=O) groups excluding carboxylic acids is 2. The summed E-state index contributed by atoms with van der Waals surface area (Å²) in [4.78, 5) is 24.9. The molecule has 0 N–H and O–H groups in total. The lowest BCUT2D eigenvalue weighted by atomic mass is 9.93. The second-order valence-electron chi connectivity index (χ2n) is 4.55. The Balaban J connectivity index is 2.41. The number of Topliss-reactive ketones (excluding diaryl/α,β-unsaturated/α-hetero) is 1. The molecule has 1 heterocycles. The number of ketones is 1. The van der Waals surface area contributed by atoms with Gasteiger partial charge in [-0.15, -0.1) is 0 Å². The average Bonchev–Trinajstić information content (AvgIpc) is 2.39. The van der Waals surface area contributed by atoms with E-state index in [9.17, 15) is 9.59 Å². The number of hydrogen-bond donors (Lipinski definition) is 0. The fourth-order valence-electron chi connectivity index (χ4n) is 2.02. The van der Waals surface area contributed by atoms with Crippen LogP contribution in [0.3, 0.4) is 0 Å². The summed E-state index contributed by atoms with van der Waals surface area (Å²) >= 11 is 0. The van der Waals surface area contributed by atoms with Crippen molar-refractivity contribution in [2.45, 2.75) is 39.0 Å². The van der Waals surface area contributed by atoms with E-state index >= 15 is 0 Å². The SMILES string of the molecule is CCCCOC(=O)N1CCCC(C(=O)CC#N)C1. The summed E-state index contributed by atoms with van der Waals surface area (Å²) < 4.78 is 5.12. The molecular formula is C13H20N2O3. The molecule has 0 bridgehead atoms. The summed E-state index contributed by atoms with van der Waals surface area (Å²) in [5.74, 6) is -0.263. The number of unbranched alkanes of at least 4 members (excludes halogenated alkanes) is 1. The van der Waals surface area contributed by atoms with Crippen molar-refractivity contribution >= 4 is 11.9 Å². The second kappa shape index (κ2) is 7.70. The van der Waals surface area contributed by atoms with Gasteiger partial charge in [0.05, 0.1) is 19.1 Å². The first-order valence-corrected chi connectivity index (χ1v) is 6.50. The molecule has 0 spiro atoms. The van der Waals surface area contributed by atoms with E-state index in [1.807, 2.05) is 13.0 Å². The molecule has 1 unspecified atom stereocenters. The van der Waals surface area contributed by atoms with Gasteiger partial charge in [0.1, 0.15) is 0 Å². The van der Waals surface area contributed by atoms with Gasteiger partial charge >= 0.3 is 6.09 Å². The monoisotopic (exact) mass is 252 g/mol. The largest absolute Gasteiger partial charge is 0.449 e. The highest BCUT2D eigenvalue weighted by Gasteiger charge is 2.28. The zero-order chi connectivity index (χ0) is 13.4. The Bertz CT molecular complexity index is 336.